The molecule has 2 unspecified atom stereocenters. The predicted octanol–water partition coefficient (Wildman–Crippen LogP) is 4.30. The van der Waals surface area contributed by atoms with Gasteiger partial charge in [0.15, 0.2) is 0 Å². The molecule has 3 aromatic rings. The summed E-state index contributed by atoms with van der Waals surface area (Å²) in [7, 11) is 2.14. The molecular weight excluding hydrogens is 526 g/mol. The molecule has 6 rings (SSSR count). The SMILES string of the molecule is C=CC(=O)N1CCN(c2nc(OCC3CCCN3C)nc3c2CN(C(C)c2cccc4ccccc24)C3)C[C@@H]1CC#N. The molecule has 3 aliphatic heterocycles. The van der Waals surface area contributed by atoms with E-state index in [9.17, 15) is 10.1 Å². The quantitative estimate of drug-likeness (QED) is 0.374. The second-order valence-electron chi connectivity index (χ2n) is 11.7. The Morgan fingerprint density at radius 2 is 1.98 bits per heavy atom. The summed E-state index contributed by atoms with van der Waals surface area (Å²) in [6.07, 6.45) is 3.88. The third-order valence-electron chi connectivity index (χ3n) is 9.23. The van der Waals surface area contributed by atoms with Gasteiger partial charge < -0.3 is 19.4 Å². The highest BCUT2D eigenvalue weighted by atomic mass is 16.5. The Morgan fingerprint density at radius 3 is 2.76 bits per heavy atom. The summed E-state index contributed by atoms with van der Waals surface area (Å²) < 4.78 is 6.27. The largest absolute Gasteiger partial charge is 0.462 e. The number of hydrogen-bond donors (Lipinski definition) is 0. The topological polar surface area (TPSA) is 88.8 Å². The maximum absolute atomic E-state index is 12.5. The van der Waals surface area contributed by atoms with E-state index in [-0.39, 0.29) is 24.4 Å². The molecule has 0 spiro atoms. The number of aromatic nitrogens is 2. The van der Waals surface area contributed by atoms with Crippen LogP contribution in [0.5, 0.6) is 6.01 Å². The molecule has 0 bridgehead atoms. The van der Waals surface area contributed by atoms with Crippen molar-refractivity contribution in [2.24, 2.45) is 0 Å². The minimum absolute atomic E-state index is 0.136. The van der Waals surface area contributed by atoms with Crippen LogP contribution < -0.4 is 9.64 Å². The van der Waals surface area contributed by atoms with Crippen LogP contribution in [-0.4, -0.2) is 82.5 Å². The second-order valence-corrected chi connectivity index (χ2v) is 11.7. The van der Waals surface area contributed by atoms with E-state index >= 15 is 0 Å². The van der Waals surface area contributed by atoms with E-state index < -0.39 is 0 Å². The minimum atomic E-state index is -0.233. The molecule has 0 radical (unpaired) electrons. The number of likely N-dealkylation sites (tertiary alicyclic amines) is 1. The van der Waals surface area contributed by atoms with Gasteiger partial charge in [0.2, 0.25) is 5.91 Å². The number of ether oxygens (including phenoxy) is 1. The number of nitriles is 1. The molecule has 4 heterocycles. The van der Waals surface area contributed by atoms with Crippen molar-refractivity contribution in [2.45, 2.75) is 57.4 Å². The Morgan fingerprint density at radius 1 is 1.14 bits per heavy atom. The molecule has 0 saturated carbocycles. The summed E-state index contributed by atoms with van der Waals surface area (Å²) in [6, 6.07) is 18.0. The number of amides is 1. The van der Waals surface area contributed by atoms with Crippen molar-refractivity contribution >= 4 is 22.5 Å². The van der Waals surface area contributed by atoms with Gasteiger partial charge in [-0.25, -0.2) is 0 Å². The predicted molar refractivity (Wildman–Crippen MR) is 163 cm³/mol. The van der Waals surface area contributed by atoms with E-state index in [2.05, 4.69) is 83.8 Å². The van der Waals surface area contributed by atoms with Crippen molar-refractivity contribution in [1.29, 1.82) is 5.26 Å². The first kappa shape index (κ1) is 28.1. The lowest BCUT2D eigenvalue weighted by Gasteiger charge is -2.41. The number of hydrogen-bond acceptors (Lipinski definition) is 8. The lowest BCUT2D eigenvalue weighted by atomic mass is 9.99. The standard InChI is InChI=1S/C33H39N7O2/c1-4-31(41)40-18-17-38(19-25(40)14-15-34)32-29-20-39(23(2)27-13-7-10-24-9-5-6-12-28(24)27)21-30(29)35-33(36-32)42-22-26-11-8-16-37(26)3/h4-7,9-10,12-13,23,25-26H,1,8,11,14,16-22H2,2-3H3/t23?,25-,26?/m0/s1. The summed E-state index contributed by atoms with van der Waals surface area (Å²) in [5.74, 6) is 0.721. The van der Waals surface area contributed by atoms with Crippen LogP contribution in [0.15, 0.2) is 55.1 Å². The molecule has 9 heteroatoms. The fourth-order valence-corrected chi connectivity index (χ4v) is 6.75. The van der Waals surface area contributed by atoms with Crippen LogP contribution in [0.3, 0.4) is 0 Å². The van der Waals surface area contributed by atoms with Gasteiger partial charge in [-0.2, -0.15) is 15.2 Å². The molecular formula is C33H39N7O2. The summed E-state index contributed by atoms with van der Waals surface area (Å²) in [4.78, 5) is 31.2. The van der Waals surface area contributed by atoms with Gasteiger partial charge >= 0.3 is 6.01 Å². The molecule has 1 aromatic heterocycles. The zero-order valence-electron chi connectivity index (χ0n) is 24.6. The van der Waals surface area contributed by atoms with Gasteiger partial charge in [0.1, 0.15) is 12.4 Å². The van der Waals surface area contributed by atoms with Crippen molar-refractivity contribution < 1.29 is 9.53 Å². The number of carbonyl (C=O) groups is 1. The summed E-state index contributed by atoms with van der Waals surface area (Å²) in [5.41, 5.74) is 3.39. The normalized spacial score (nSPS) is 21.7. The van der Waals surface area contributed by atoms with E-state index in [0.29, 0.717) is 44.8 Å². The highest BCUT2D eigenvalue weighted by Gasteiger charge is 2.35. The average Bonchev–Trinajstić information content (AvgIpc) is 3.64. The van der Waals surface area contributed by atoms with Gasteiger partial charge in [-0.3, -0.25) is 9.69 Å². The third-order valence-corrected chi connectivity index (χ3v) is 9.23. The highest BCUT2D eigenvalue weighted by molar-refractivity contribution is 5.87. The van der Waals surface area contributed by atoms with Crippen molar-refractivity contribution in [2.75, 3.05) is 44.7 Å². The summed E-state index contributed by atoms with van der Waals surface area (Å²) in [5, 5.41) is 12.0. The van der Waals surface area contributed by atoms with Crippen LogP contribution in [0.2, 0.25) is 0 Å². The van der Waals surface area contributed by atoms with Crippen LogP contribution in [0.25, 0.3) is 10.8 Å². The molecule has 0 N–H and O–H groups in total. The number of carbonyl (C=O) groups excluding carboxylic acids is 1. The first-order valence-corrected chi connectivity index (χ1v) is 15.0. The molecule has 3 aliphatic rings. The zero-order chi connectivity index (χ0) is 29.2. The van der Waals surface area contributed by atoms with E-state index in [1.165, 1.54) is 28.8 Å². The monoisotopic (exact) mass is 565 g/mol. The number of benzene rings is 2. The van der Waals surface area contributed by atoms with Crippen LogP contribution in [-0.2, 0) is 17.9 Å². The number of fused-ring (bicyclic) bond motifs is 2. The molecule has 3 atom stereocenters. The molecule has 218 valence electrons. The number of nitrogens with zero attached hydrogens (tertiary/aromatic N) is 7. The smallest absolute Gasteiger partial charge is 0.318 e. The Labute approximate surface area is 248 Å². The van der Waals surface area contributed by atoms with Gasteiger partial charge in [0.25, 0.3) is 0 Å². The number of anilines is 1. The van der Waals surface area contributed by atoms with E-state index in [4.69, 9.17) is 14.7 Å². The minimum Gasteiger partial charge on any atom is -0.462 e. The fourth-order valence-electron chi connectivity index (χ4n) is 6.75. The van der Waals surface area contributed by atoms with Crippen LogP contribution in [0.4, 0.5) is 5.82 Å². The lowest BCUT2D eigenvalue weighted by Crippen LogP contribution is -2.55. The molecule has 2 fully saturated rings. The van der Waals surface area contributed by atoms with Gasteiger partial charge in [-0.1, -0.05) is 49.0 Å². The fraction of sp³-hybridized carbons (Fsp3) is 0.455. The molecule has 9 nitrogen and oxygen atoms in total. The van der Waals surface area contributed by atoms with Gasteiger partial charge in [-0.05, 0) is 55.8 Å². The van der Waals surface area contributed by atoms with Crippen LogP contribution in [0, 0.1) is 11.3 Å². The number of rotatable bonds is 8. The Bertz CT molecular complexity index is 1510. The van der Waals surface area contributed by atoms with Crippen molar-refractivity contribution in [1.82, 2.24) is 24.7 Å². The van der Waals surface area contributed by atoms with Gasteiger partial charge in [0.05, 0.1) is 24.2 Å². The lowest BCUT2D eigenvalue weighted by molar-refractivity contribution is -0.128. The average molecular weight is 566 g/mol. The summed E-state index contributed by atoms with van der Waals surface area (Å²) in [6.45, 7) is 10.6. The van der Waals surface area contributed by atoms with Gasteiger partial charge in [-0.15, -0.1) is 0 Å². The molecule has 2 aromatic carbocycles. The van der Waals surface area contributed by atoms with E-state index in [1.807, 2.05) is 0 Å². The Balaban J connectivity index is 1.31. The van der Waals surface area contributed by atoms with Crippen molar-refractivity contribution in [3.63, 3.8) is 0 Å². The third kappa shape index (κ3) is 5.44. The number of piperazine rings is 1. The molecule has 2 saturated heterocycles. The Kier molecular flexibility index (Phi) is 8.09. The molecule has 1 amide bonds. The second kappa shape index (κ2) is 12.1. The molecule has 0 aliphatic carbocycles. The number of likely N-dealkylation sites (N-methyl/N-ethyl adjacent to an activating group) is 1. The van der Waals surface area contributed by atoms with Crippen LogP contribution >= 0.6 is 0 Å². The van der Waals surface area contributed by atoms with E-state index in [1.54, 1.807) is 4.90 Å². The first-order chi connectivity index (χ1) is 20.5. The maximum atomic E-state index is 12.5. The van der Waals surface area contributed by atoms with Crippen molar-refractivity contribution in [3.8, 4) is 12.1 Å². The van der Waals surface area contributed by atoms with Crippen molar-refractivity contribution in [3.05, 3.63) is 71.9 Å². The van der Waals surface area contributed by atoms with Gasteiger partial charge in [0, 0.05) is 50.4 Å². The van der Waals surface area contributed by atoms with Crippen LogP contribution in [0.1, 0.15) is 49.0 Å². The summed E-state index contributed by atoms with van der Waals surface area (Å²) >= 11 is 0. The zero-order valence-corrected chi connectivity index (χ0v) is 24.6. The molecule has 42 heavy (non-hydrogen) atoms. The maximum Gasteiger partial charge on any atom is 0.318 e. The first-order valence-electron chi connectivity index (χ1n) is 15.0. The Hall–Kier alpha value is -4.00. The highest BCUT2D eigenvalue weighted by Crippen LogP contribution is 2.38. The van der Waals surface area contributed by atoms with E-state index in [0.717, 1.165) is 36.6 Å².